The molecule has 1 aliphatic rings. The predicted octanol–water partition coefficient (Wildman–Crippen LogP) is 3.56. The van der Waals surface area contributed by atoms with Crippen molar-refractivity contribution < 1.29 is 9.53 Å². The molecular formula is C22H24N4O2. The van der Waals surface area contributed by atoms with Crippen molar-refractivity contribution in [2.45, 2.75) is 26.3 Å². The summed E-state index contributed by atoms with van der Waals surface area (Å²) >= 11 is 0. The number of carbonyl (C=O) groups is 1. The number of rotatable bonds is 3. The molecule has 2 aromatic carbocycles. The van der Waals surface area contributed by atoms with Gasteiger partial charge in [0.25, 0.3) is 5.91 Å². The molecule has 4 rings (SSSR count). The maximum atomic E-state index is 13.3. The van der Waals surface area contributed by atoms with Crippen molar-refractivity contribution in [1.82, 2.24) is 19.7 Å². The van der Waals surface area contributed by atoms with Crippen LogP contribution in [0.15, 0.2) is 42.5 Å². The molecule has 28 heavy (non-hydrogen) atoms. The van der Waals surface area contributed by atoms with Crippen molar-refractivity contribution in [3.63, 3.8) is 0 Å². The molecule has 0 saturated carbocycles. The lowest BCUT2D eigenvalue weighted by molar-refractivity contribution is 0.0677. The molecule has 6 nitrogen and oxygen atoms in total. The fraction of sp³-hybridized carbons (Fsp3) is 0.318. The van der Waals surface area contributed by atoms with Gasteiger partial charge in [-0.1, -0.05) is 18.2 Å². The number of hydrogen-bond acceptors (Lipinski definition) is 4. The third kappa shape index (κ3) is 3.15. The van der Waals surface area contributed by atoms with Crippen LogP contribution in [0.1, 0.15) is 40.3 Å². The van der Waals surface area contributed by atoms with E-state index >= 15 is 0 Å². The lowest BCUT2D eigenvalue weighted by atomic mass is 9.92. The second-order valence-electron chi connectivity index (χ2n) is 7.18. The summed E-state index contributed by atoms with van der Waals surface area (Å²) < 4.78 is 7.11. The van der Waals surface area contributed by atoms with E-state index in [4.69, 9.17) is 4.74 Å². The fourth-order valence-electron chi connectivity index (χ4n) is 3.92. The van der Waals surface area contributed by atoms with Gasteiger partial charge in [-0.15, -0.1) is 0 Å². The van der Waals surface area contributed by atoms with Gasteiger partial charge in [0.15, 0.2) is 5.82 Å². The average Bonchev–Trinajstić information content (AvgIpc) is 3.06. The van der Waals surface area contributed by atoms with E-state index in [9.17, 15) is 4.79 Å². The van der Waals surface area contributed by atoms with Crippen LogP contribution in [-0.2, 0) is 13.5 Å². The van der Waals surface area contributed by atoms with Crippen LogP contribution in [0.4, 0.5) is 0 Å². The molecule has 1 aromatic heterocycles. The van der Waals surface area contributed by atoms with E-state index in [1.54, 1.807) is 11.8 Å². The average molecular weight is 376 g/mol. The third-order valence-corrected chi connectivity index (χ3v) is 5.39. The van der Waals surface area contributed by atoms with E-state index < -0.39 is 0 Å². The van der Waals surface area contributed by atoms with Crippen LogP contribution in [-0.4, -0.2) is 39.2 Å². The van der Waals surface area contributed by atoms with Gasteiger partial charge in [-0.3, -0.25) is 4.79 Å². The first-order chi connectivity index (χ1) is 13.5. The molecule has 1 amide bonds. The molecule has 2 heterocycles. The highest BCUT2D eigenvalue weighted by atomic mass is 16.5. The van der Waals surface area contributed by atoms with Crippen LogP contribution in [0.3, 0.4) is 0 Å². The molecule has 0 aliphatic carbocycles. The number of aromatic nitrogens is 3. The number of amides is 1. The molecule has 0 bridgehead atoms. The minimum absolute atomic E-state index is 0.00733. The fourth-order valence-corrected chi connectivity index (χ4v) is 3.92. The molecule has 144 valence electrons. The zero-order valence-corrected chi connectivity index (χ0v) is 16.6. The van der Waals surface area contributed by atoms with Crippen LogP contribution >= 0.6 is 0 Å². The Labute approximate surface area is 164 Å². The summed E-state index contributed by atoms with van der Waals surface area (Å²) in [6.07, 6.45) is 0.845. The Balaban J connectivity index is 1.65. The Morgan fingerprint density at radius 3 is 2.75 bits per heavy atom. The first kappa shape index (κ1) is 18.2. The number of aryl methyl sites for hydroxylation is 2. The largest absolute Gasteiger partial charge is 0.497 e. The Kier molecular flexibility index (Phi) is 4.63. The Bertz CT molecular complexity index is 1040. The molecule has 0 spiro atoms. The normalized spacial score (nSPS) is 16.0. The lowest BCUT2D eigenvalue weighted by Crippen LogP contribution is -2.38. The summed E-state index contributed by atoms with van der Waals surface area (Å²) in [5.74, 6) is 2.32. The van der Waals surface area contributed by atoms with Gasteiger partial charge in [-0.05, 0) is 55.7 Å². The minimum atomic E-state index is -0.00733. The van der Waals surface area contributed by atoms with Gasteiger partial charge in [0.05, 0.1) is 13.2 Å². The van der Waals surface area contributed by atoms with Gasteiger partial charge >= 0.3 is 0 Å². The van der Waals surface area contributed by atoms with Crippen molar-refractivity contribution in [1.29, 1.82) is 0 Å². The molecule has 0 fully saturated rings. The molecule has 1 atom stereocenters. The number of methoxy groups -OCH3 is 1. The molecule has 3 aromatic rings. The van der Waals surface area contributed by atoms with Gasteiger partial charge in [0.1, 0.15) is 11.6 Å². The monoisotopic (exact) mass is 376 g/mol. The number of nitrogens with zero attached hydrogens (tertiary/aromatic N) is 4. The number of fused-ring (bicyclic) bond motifs is 1. The van der Waals surface area contributed by atoms with E-state index in [1.807, 2.05) is 55.3 Å². The van der Waals surface area contributed by atoms with Crippen molar-refractivity contribution in [2.24, 2.45) is 7.05 Å². The van der Waals surface area contributed by atoms with Gasteiger partial charge in [0.2, 0.25) is 0 Å². The second kappa shape index (κ2) is 7.11. The molecule has 0 unspecified atom stereocenters. The summed E-state index contributed by atoms with van der Waals surface area (Å²) in [6.45, 7) is 4.64. The number of ether oxygens (including phenoxy) is 1. The molecule has 6 heteroatoms. The van der Waals surface area contributed by atoms with Gasteiger partial charge in [-0.2, -0.15) is 5.10 Å². The molecule has 0 N–H and O–H groups in total. The highest BCUT2D eigenvalue weighted by molar-refractivity contribution is 5.95. The van der Waals surface area contributed by atoms with Crippen molar-refractivity contribution in [2.75, 3.05) is 13.7 Å². The summed E-state index contributed by atoms with van der Waals surface area (Å²) in [5.41, 5.74) is 3.98. The van der Waals surface area contributed by atoms with Gasteiger partial charge in [0, 0.05) is 24.7 Å². The van der Waals surface area contributed by atoms with Gasteiger partial charge < -0.3 is 9.64 Å². The second-order valence-corrected chi connectivity index (χ2v) is 7.18. The topological polar surface area (TPSA) is 60.2 Å². The first-order valence-corrected chi connectivity index (χ1v) is 9.44. The Hall–Kier alpha value is -3.15. The Morgan fingerprint density at radius 2 is 2.04 bits per heavy atom. The number of benzene rings is 2. The van der Waals surface area contributed by atoms with Crippen molar-refractivity contribution in [3.05, 3.63) is 65.0 Å². The van der Waals surface area contributed by atoms with Crippen LogP contribution in [0.2, 0.25) is 0 Å². The standard InChI is InChI=1S/C22H24N4O2/c1-14-20-13-19(28-4)9-8-16(20)10-11-26(14)22(27)18-7-5-6-17(12-18)21-23-15(2)24-25(21)3/h5-9,12-14H,10-11H2,1-4H3/t14-/m0/s1. The van der Waals surface area contributed by atoms with Crippen molar-refractivity contribution in [3.8, 4) is 17.1 Å². The van der Waals surface area contributed by atoms with Crippen LogP contribution in [0, 0.1) is 6.92 Å². The summed E-state index contributed by atoms with van der Waals surface area (Å²) in [6, 6.07) is 13.7. The maximum absolute atomic E-state index is 13.3. The summed E-state index contributed by atoms with van der Waals surface area (Å²) in [5, 5.41) is 4.30. The number of hydrogen-bond donors (Lipinski definition) is 0. The lowest BCUT2D eigenvalue weighted by Gasteiger charge is -2.35. The van der Waals surface area contributed by atoms with Crippen LogP contribution < -0.4 is 4.74 Å². The van der Waals surface area contributed by atoms with E-state index in [0.717, 1.165) is 29.1 Å². The predicted molar refractivity (Wildman–Crippen MR) is 107 cm³/mol. The highest BCUT2D eigenvalue weighted by Crippen LogP contribution is 2.33. The molecular weight excluding hydrogens is 352 g/mol. The third-order valence-electron chi connectivity index (χ3n) is 5.39. The molecule has 1 aliphatic heterocycles. The summed E-state index contributed by atoms with van der Waals surface area (Å²) in [7, 11) is 3.53. The van der Waals surface area contributed by atoms with E-state index in [0.29, 0.717) is 17.9 Å². The van der Waals surface area contributed by atoms with Crippen LogP contribution in [0.5, 0.6) is 5.75 Å². The van der Waals surface area contributed by atoms with E-state index in [-0.39, 0.29) is 11.9 Å². The zero-order chi connectivity index (χ0) is 19.8. The number of carbonyl (C=O) groups excluding carboxylic acids is 1. The SMILES string of the molecule is COc1ccc2c(c1)[C@H](C)N(C(=O)c1cccc(-c3nc(C)nn3C)c1)CC2. The van der Waals surface area contributed by atoms with Gasteiger partial charge in [-0.25, -0.2) is 9.67 Å². The summed E-state index contributed by atoms with van der Waals surface area (Å²) in [4.78, 5) is 19.7. The quantitative estimate of drug-likeness (QED) is 0.701. The minimum Gasteiger partial charge on any atom is -0.497 e. The molecule has 0 radical (unpaired) electrons. The van der Waals surface area contributed by atoms with E-state index in [2.05, 4.69) is 23.1 Å². The smallest absolute Gasteiger partial charge is 0.254 e. The Morgan fingerprint density at radius 1 is 1.21 bits per heavy atom. The zero-order valence-electron chi connectivity index (χ0n) is 16.6. The maximum Gasteiger partial charge on any atom is 0.254 e. The van der Waals surface area contributed by atoms with Crippen LogP contribution in [0.25, 0.3) is 11.4 Å². The van der Waals surface area contributed by atoms with E-state index in [1.165, 1.54) is 5.56 Å². The highest BCUT2D eigenvalue weighted by Gasteiger charge is 2.29. The first-order valence-electron chi connectivity index (χ1n) is 9.44. The molecule has 0 saturated heterocycles. The van der Waals surface area contributed by atoms with Crippen molar-refractivity contribution >= 4 is 5.91 Å².